The van der Waals surface area contributed by atoms with Gasteiger partial charge in [0, 0.05) is 23.2 Å². The van der Waals surface area contributed by atoms with E-state index in [1.165, 1.54) is 173 Å². The lowest BCUT2D eigenvalue weighted by molar-refractivity contribution is 0.545. The van der Waals surface area contributed by atoms with E-state index >= 15 is 0 Å². The van der Waals surface area contributed by atoms with Gasteiger partial charge in [0.2, 0.25) is 0 Å². The van der Waals surface area contributed by atoms with Gasteiger partial charge < -0.3 is 11.5 Å². The van der Waals surface area contributed by atoms with Crippen molar-refractivity contribution < 1.29 is 0 Å². The predicted octanol–water partition coefficient (Wildman–Crippen LogP) is 15.4. The first-order chi connectivity index (χ1) is 26.4. The number of aryl methyl sites for hydroxylation is 4. The third-order valence-electron chi connectivity index (χ3n) is 12.0. The van der Waals surface area contributed by atoms with Crippen molar-refractivity contribution in [2.75, 3.05) is 11.5 Å². The smallest absolute Gasteiger partial charge is 0.0316 e. The quantitative estimate of drug-likeness (QED) is 0.0474. The van der Waals surface area contributed by atoms with Crippen LogP contribution in [0.15, 0.2) is 84.9 Å². The average molecular weight is 729 g/mol. The molecule has 4 aromatic rings. The topological polar surface area (TPSA) is 52.0 Å². The summed E-state index contributed by atoms with van der Waals surface area (Å²) in [6.45, 7) is 9.05. The Bertz CT molecular complexity index is 1460. The second kappa shape index (κ2) is 24.8. The Morgan fingerprint density at radius 1 is 0.389 bits per heavy atom. The molecule has 0 radical (unpaired) electrons. The van der Waals surface area contributed by atoms with Crippen molar-refractivity contribution in [2.24, 2.45) is 0 Å². The van der Waals surface area contributed by atoms with Crippen LogP contribution in [0.3, 0.4) is 0 Å². The highest BCUT2D eigenvalue weighted by Gasteiger charge is 2.18. The van der Waals surface area contributed by atoms with Crippen molar-refractivity contribution >= 4 is 11.4 Å². The molecule has 0 aliphatic rings. The maximum absolute atomic E-state index is 6.17. The zero-order chi connectivity index (χ0) is 38.4. The van der Waals surface area contributed by atoms with Gasteiger partial charge in [-0.2, -0.15) is 0 Å². The lowest BCUT2D eigenvalue weighted by Gasteiger charge is -2.21. The number of hydrogen-bond donors (Lipinski definition) is 2. The van der Waals surface area contributed by atoms with Gasteiger partial charge in [0.15, 0.2) is 0 Å². The zero-order valence-corrected chi connectivity index (χ0v) is 34.9. The van der Waals surface area contributed by atoms with Crippen LogP contribution in [0.2, 0.25) is 0 Å². The summed E-state index contributed by atoms with van der Waals surface area (Å²) >= 11 is 0. The second-order valence-electron chi connectivity index (χ2n) is 16.6. The molecule has 0 aliphatic carbocycles. The Hall–Kier alpha value is -3.52. The molecular weight excluding hydrogens is 653 g/mol. The monoisotopic (exact) mass is 729 g/mol. The van der Waals surface area contributed by atoms with Crippen molar-refractivity contribution in [3.8, 4) is 0 Å². The third-order valence-corrected chi connectivity index (χ3v) is 12.0. The molecule has 2 nitrogen and oxygen atoms in total. The van der Waals surface area contributed by atoms with Gasteiger partial charge in [0.1, 0.15) is 0 Å². The summed E-state index contributed by atoms with van der Waals surface area (Å²) in [7, 11) is 0. The summed E-state index contributed by atoms with van der Waals surface area (Å²) in [5, 5.41) is 0. The minimum atomic E-state index is 0.421. The fourth-order valence-electron chi connectivity index (χ4n) is 8.62. The first-order valence-corrected chi connectivity index (χ1v) is 22.3. The van der Waals surface area contributed by atoms with E-state index in [1.54, 1.807) is 0 Å². The summed E-state index contributed by atoms with van der Waals surface area (Å²) < 4.78 is 0. The Balaban J connectivity index is 1.33. The van der Waals surface area contributed by atoms with Crippen molar-refractivity contribution in [3.63, 3.8) is 0 Å². The van der Waals surface area contributed by atoms with Gasteiger partial charge in [0.25, 0.3) is 0 Å². The van der Waals surface area contributed by atoms with Crippen LogP contribution in [-0.4, -0.2) is 0 Å². The fourth-order valence-corrected chi connectivity index (χ4v) is 8.62. The van der Waals surface area contributed by atoms with Gasteiger partial charge in [-0.1, -0.05) is 190 Å². The van der Waals surface area contributed by atoms with Crippen molar-refractivity contribution in [1.82, 2.24) is 0 Å². The first kappa shape index (κ1) is 43.2. The van der Waals surface area contributed by atoms with Crippen molar-refractivity contribution in [1.29, 1.82) is 0 Å². The van der Waals surface area contributed by atoms with E-state index in [-0.39, 0.29) is 0 Å². The SMILES string of the molecule is CCCCCCCCCCCC(c1ccc(CCc2ccc(C(CCCCCCCCCCC)c3ccc(N)cc3C)cc2)cc1)c1ccc(N)cc1C. The minimum Gasteiger partial charge on any atom is -0.399 e. The van der Waals surface area contributed by atoms with E-state index in [0.717, 1.165) is 24.2 Å². The number of hydrogen-bond acceptors (Lipinski definition) is 2. The van der Waals surface area contributed by atoms with Gasteiger partial charge in [-0.3, -0.25) is 0 Å². The van der Waals surface area contributed by atoms with Gasteiger partial charge >= 0.3 is 0 Å². The molecule has 2 atom stereocenters. The van der Waals surface area contributed by atoms with Crippen LogP contribution in [0.25, 0.3) is 0 Å². The van der Waals surface area contributed by atoms with Crippen molar-refractivity contribution in [2.45, 2.75) is 181 Å². The van der Waals surface area contributed by atoms with E-state index in [1.807, 2.05) is 0 Å². The number of benzene rings is 4. The van der Waals surface area contributed by atoms with Gasteiger partial charge in [0.05, 0.1) is 0 Å². The summed E-state index contributed by atoms with van der Waals surface area (Å²) in [6, 6.07) is 32.1. The molecule has 0 heterocycles. The van der Waals surface area contributed by atoms with Gasteiger partial charge in [-0.25, -0.2) is 0 Å². The Morgan fingerprint density at radius 3 is 1.02 bits per heavy atom. The molecular formula is C52H76N2. The predicted molar refractivity (Wildman–Crippen MR) is 239 cm³/mol. The van der Waals surface area contributed by atoms with Gasteiger partial charge in [-0.05, 0) is 108 Å². The summed E-state index contributed by atoms with van der Waals surface area (Å²) in [4.78, 5) is 0. The largest absolute Gasteiger partial charge is 0.399 e. The highest BCUT2D eigenvalue weighted by molar-refractivity contribution is 5.49. The highest BCUT2D eigenvalue weighted by atomic mass is 14.5. The van der Waals surface area contributed by atoms with E-state index in [0.29, 0.717) is 11.8 Å². The molecule has 0 fully saturated rings. The van der Waals surface area contributed by atoms with Gasteiger partial charge in [-0.15, -0.1) is 0 Å². The lowest BCUT2D eigenvalue weighted by Crippen LogP contribution is -2.05. The van der Waals surface area contributed by atoms with Crippen LogP contribution in [0.4, 0.5) is 11.4 Å². The molecule has 0 spiro atoms. The molecule has 0 aliphatic heterocycles. The fraction of sp³-hybridized carbons (Fsp3) is 0.538. The van der Waals surface area contributed by atoms with E-state index in [2.05, 4.69) is 113 Å². The van der Waals surface area contributed by atoms with E-state index in [4.69, 9.17) is 11.5 Å². The van der Waals surface area contributed by atoms with Crippen LogP contribution >= 0.6 is 0 Å². The molecule has 4 N–H and O–H groups in total. The summed E-state index contributed by atoms with van der Waals surface area (Å²) in [5.74, 6) is 0.842. The summed E-state index contributed by atoms with van der Waals surface area (Å²) in [5.41, 5.74) is 25.2. The molecule has 0 saturated carbocycles. The molecule has 2 heteroatoms. The molecule has 294 valence electrons. The molecule has 0 aromatic heterocycles. The maximum Gasteiger partial charge on any atom is 0.0316 e. The number of nitrogens with two attached hydrogens (primary N) is 2. The molecule has 54 heavy (non-hydrogen) atoms. The molecule has 0 amide bonds. The normalized spacial score (nSPS) is 12.6. The minimum absolute atomic E-state index is 0.421. The Labute approximate surface area is 332 Å². The van der Waals surface area contributed by atoms with Crippen LogP contribution in [0, 0.1) is 13.8 Å². The molecule has 2 unspecified atom stereocenters. The highest BCUT2D eigenvalue weighted by Crippen LogP contribution is 2.35. The van der Waals surface area contributed by atoms with E-state index < -0.39 is 0 Å². The first-order valence-electron chi connectivity index (χ1n) is 22.3. The number of nitrogen functional groups attached to an aromatic ring is 2. The second-order valence-corrected chi connectivity index (χ2v) is 16.6. The van der Waals surface area contributed by atoms with Crippen LogP contribution < -0.4 is 11.5 Å². The zero-order valence-electron chi connectivity index (χ0n) is 34.9. The Kier molecular flexibility index (Phi) is 19.8. The number of rotatable bonds is 27. The standard InChI is InChI=1S/C52H76N2/c1-5-7-9-11-13-15-17-19-21-23-51(49-37-35-47(53)39-41(49)3)45-31-27-43(28-32-45)25-26-44-29-33-46(34-30-44)52(50-38-36-48(54)40-42(50)4)24-22-20-18-16-14-12-10-8-6-2/h27-40,51-52H,5-26,53-54H2,1-4H3. The number of anilines is 2. The maximum atomic E-state index is 6.17. The third kappa shape index (κ3) is 15.0. The summed E-state index contributed by atoms with van der Waals surface area (Å²) in [6.07, 6.45) is 29.1. The van der Waals surface area contributed by atoms with E-state index in [9.17, 15) is 0 Å². The number of unbranched alkanes of at least 4 members (excludes halogenated alkanes) is 16. The molecule has 0 saturated heterocycles. The van der Waals surface area contributed by atoms with Crippen molar-refractivity contribution in [3.05, 3.63) is 129 Å². The van der Waals surface area contributed by atoms with Crippen LogP contribution in [-0.2, 0) is 12.8 Å². The Morgan fingerprint density at radius 2 is 0.704 bits per heavy atom. The lowest BCUT2D eigenvalue weighted by atomic mass is 9.83. The molecule has 4 rings (SSSR count). The average Bonchev–Trinajstić information content (AvgIpc) is 3.17. The van der Waals surface area contributed by atoms with Crippen LogP contribution in [0.5, 0.6) is 0 Å². The molecule has 0 bridgehead atoms. The van der Waals surface area contributed by atoms with Crippen LogP contribution in [0.1, 0.15) is 199 Å². The molecule has 4 aromatic carbocycles.